The first-order chi connectivity index (χ1) is 22.0. The van der Waals surface area contributed by atoms with E-state index in [4.69, 9.17) is 9.72 Å². The van der Waals surface area contributed by atoms with E-state index >= 15 is 0 Å². The number of rotatable bonds is 17. The zero-order valence-corrected chi connectivity index (χ0v) is 27.1. The molecule has 2 aromatic heterocycles. The van der Waals surface area contributed by atoms with Gasteiger partial charge in [-0.2, -0.15) is 0 Å². The van der Waals surface area contributed by atoms with Crippen molar-refractivity contribution in [2.24, 2.45) is 0 Å². The van der Waals surface area contributed by atoms with Crippen molar-refractivity contribution >= 4 is 28.3 Å². The number of nitrogens with zero attached hydrogens (tertiary/aromatic N) is 2. The van der Waals surface area contributed by atoms with Gasteiger partial charge in [-0.15, -0.1) is 17.9 Å². The molecule has 0 aliphatic carbocycles. The van der Waals surface area contributed by atoms with Gasteiger partial charge in [0.15, 0.2) is 0 Å². The van der Waals surface area contributed by atoms with Crippen molar-refractivity contribution in [2.75, 3.05) is 6.54 Å². The highest BCUT2D eigenvalue weighted by Gasteiger charge is 2.25. The summed E-state index contributed by atoms with van der Waals surface area (Å²) in [5.74, 6) is 1.40. The van der Waals surface area contributed by atoms with Gasteiger partial charge in [0.1, 0.15) is 18.2 Å². The van der Waals surface area contributed by atoms with Crippen LogP contribution in [0.2, 0.25) is 0 Å². The molecule has 0 saturated heterocycles. The molecule has 0 saturated carbocycles. The van der Waals surface area contributed by atoms with E-state index in [1.807, 2.05) is 35.2 Å². The summed E-state index contributed by atoms with van der Waals surface area (Å²) < 4.78 is 6.10. The van der Waals surface area contributed by atoms with Crippen molar-refractivity contribution in [2.45, 2.75) is 71.1 Å². The second-order valence-electron chi connectivity index (χ2n) is 11.6. The molecule has 5 rings (SSSR count). The number of hydrogen-bond donors (Lipinski definition) is 2. The van der Waals surface area contributed by atoms with E-state index in [0.29, 0.717) is 25.5 Å². The van der Waals surface area contributed by atoms with Crippen molar-refractivity contribution in [3.8, 4) is 16.2 Å². The monoisotopic (exact) mass is 621 g/mol. The lowest BCUT2D eigenvalue weighted by Crippen LogP contribution is -2.33. The van der Waals surface area contributed by atoms with E-state index in [2.05, 4.69) is 86.1 Å². The summed E-state index contributed by atoms with van der Waals surface area (Å²) in [6.07, 6.45) is 7.26. The van der Waals surface area contributed by atoms with Crippen LogP contribution in [0.25, 0.3) is 21.5 Å². The van der Waals surface area contributed by atoms with E-state index in [9.17, 15) is 9.90 Å². The first-order valence-electron chi connectivity index (χ1n) is 15.9. The molecule has 3 aromatic carbocycles. The second kappa shape index (κ2) is 15.7. The average Bonchev–Trinajstić information content (AvgIpc) is 3.70. The molecule has 0 fully saturated rings. The summed E-state index contributed by atoms with van der Waals surface area (Å²) in [5, 5.41) is 9.76. The number of thiophene rings is 1. The van der Waals surface area contributed by atoms with E-state index in [1.54, 1.807) is 11.3 Å². The van der Waals surface area contributed by atoms with Crippen molar-refractivity contribution in [3.63, 3.8) is 0 Å². The van der Waals surface area contributed by atoms with E-state index in [1.165, 1.54) is 31.2 Å². The highest BCUT2D eigenvalue weighted by atomic mass is 32.1. The van der Waals surface area contributed by atoms with Crippen LogP contribution in [0.1, 0.15) is 79.7 Å². The fraction of sp³-hybridized carbons (Fsp3) is 0.316. The Morgan fingerprint density at radius 3 is 2.40 bits per heavy atom. The Hall–Kier alpha value is -4.20. The zero-order chi connectivity index (χ0) is 31.6. The molecule has 0 spiro atoms. The van der Waals surface area contributed by atoms with Gasteiger partial charge < -0.3 is 14.8 Å². The fourth-order valence-corrected chi connectivity index (χ4v) is 6.97. The van der Waals surface area contributed by atoms with Crippen LogP contribution in [-0.2, 0) is 17.9 Å². The van der Waals surface area contributed by atoms with Crippen LogP contribution >= 0.6 is 11.3 Å². The number of hydrogen-bond acceptors (Lipinski definition) is 5. The number of ether oxygens (including phenoxy) is 1. The molecule has 234 valence electrons. The van der Waals surface area contributed by atoms with Gasteiger partial charge in [0, 0.05) is 16.3 Å². The lowest BCUT2D eigenvalue weighted by Gasteiger charge is -2.28. The Morgan fingerprint density at radius 1 is 1.00 bits per heavy atom. The van der Waals surface area contributed by atoms with Gasteiger partial charge in [-0.05, 0) is 78.3 Å². The molecule has 0 radical (unpaired) electrons. The third-order valence-corrected chi connectivity index (χ3v) is 9.30. The number of aliphatic carboxylic acids is 1. The topological polar surface area (TPSA) is 78.5 Å². The molecule has 2 N–H and O–H groups in total. The number of aromatic nitrogens is 2. The standard InChI is InChI=1S/C38H43N3O3S/c1-4-9-28(10-5-2)29-18-20-31(21-19-29)44-26-27-14-16-30(17-15-27)36-23-22-32(45-36)24-41(25-37(42)43)35(11-6-3)38-39-33-12-7-8-13-34(33)40-38/h6-8,12-23,28,35H,3-5,9-11,24-26H2,1-2H3,(H,39,40)(H,42,43). The number of imidazole rings is 1. The van der Waals surface area contributed by atoms with Crippen molar-refractivity contribution < 1.29 is 14.6 Å². The molecule has 45 heavy (non-hydrogen) atoms. The van der Waals surface area contributed by atoms with Crippen molar-refractivity contribution in [3.05, 3.63) is 119 Å². The molecular formula is C38H43N3O3S. The molecule has 2 heterocycles. The van der Waals surface area contributed by atoms with Gasteiger partial charge in [-0.3, -0.25) is 9.69 Å². The molecule has 0 bridgehead atoms. The van der Waals surface area contributed by atoms with Crippen LogP contribution in [0.5, 0.6) is 5.75 Å². The van der Waals surface area contributed by atoms with Crippen molar-refractivity contribution in [1.82, 2.24) is 14.9 Å². The molecule has 7 heteroatoms. The number of aromatic amines is 1. The van der Waals surface area contributed by atoms with Gasteiger partial charge in [0.05, 0.1) is 23.6 Å². The predicted octanol–water partition coefficient (Wildman–Crippen LogP) is 9.76. The number of fused-ring (bicyclic) bond motifs is 1. The minimum atomic E-state index is -0.872. The van der Waals surface area contributed by atoms with Gasteiger partial charge in [0.25, 0.3) is 0 Å². The lowest BCUT2D eigenvalue weighted by molar-refractivity contribution is -0.139. The smallest absolute Gasteiger partial charge is 0.317 e. The summed E-state index contributed by atoms with van der Waals surface area (Å²) in [7, 11) is 0. The fourth-order valence-electron chi connectivity index (χ4n) is 5.93. The number of nitrogens with one attached hydrogen (secondary N) is 1. The van der Waals surface area contributed by atoms with E-state index in [0.717, 1.165) is 43.5 Å². The maximum Gasteiger partial charge on any atom is 0.317 e. The van der Waals surface area contributed by atoms with Crippen LogP contribution in [0, 0.1) is 0 Å². The van der Waals surface area contributed by atoms with Gasteiger partial charge in [-0.25, -0.2) is 4.98 Å². The lowest BCUT2D eigenvalue weighted by atomic mass is 9.90. The summed E-state index contributed by atoms with van der Waals surface area (Å²) >= 11 is 1.68. The van der Waals surface area contributed by atoms with Gasteiger partial charge in [0.2, 0.25) is 0 Å². The van der Waals surface area contributed by atoms with Crippen molar-refractivity contribution in [1.29, 1.82) is 0 Å². The minimum absolute atomic E-state index is 0.0989. The summed E-state index contributed by atoms with van der Waals surface area (Å²) in [6.45, 7) is 9.35. The SMILES string of the molecule is C=CCC(c1nc2ccccc2[nH]1)N(CC(=O)O)Cc1ccc(-c2ccc(COc3ccc(C(CCC)CCC)cc3)cc2)s1. The van der Waals surface area contributed by atoms with Crippen LogP contribution in [0.3, 0.4) is 0 Å². The largest absolute Gasteiger partial charge is 0.489 e. The molecule has 1 atom stereocenters. The van der Waals surface area contributed by atoms with Gasteiger partial charge >= 0.3 is 5.97 Å². The molecule has 0 aliphatic heterocycles. The number of carbonyl (C=O) groups is 1. The average molecular weight is 622 g/mol. The number of para-hydroxylation sites is 2. The Morgan fingerprint density at radius 2 is 1.73 bits per heavy atom. The molecule has 6 nitrogen and oxygen atoms in total. The number of H-pyrrole nitrogens is 1. The number of carboxylic acid groups (broad SMARTS) is 1. The number of benzene rings is 3. The highest BCUT2D eigenvalue weighted by Crippen LogP contribution is 2.33. The zero-order valence-electron chi connectivity index (χ0n) is 26.2. The van der Waals surface area contributed by atoms with Crippen LogP contribution in [-0.4, -0.2) is 32.5 Å². The molecule has 1 unspecified atom stereocenters. The quantitative estimate of drug-likeness (QED) is 0.101. The second-order valence-corrected chi connectivity index (χ2v) is 12.7. The Bertz CT molecular complexity index is 1630. The first-order valence-corrected chi connectivity index (χ1v) is 16.7. The summed E-state index contributed by atoms with van der Waals surface area (Å²) in [6, 6.07) is 28.9. The number of carboxylic acids is 1. The normalized spacial score (nSPS) is 12.2. The van der Waals surface area contributed by atoms with Crippen LogP contribution in [0.15, 0.2) is 97.6 Å². The van der Waals surface area contributed by atoms with Crippen LogP contribution < -0.4 is 4.74 Å². The van der Waals surface area contributed by atoms with E-state index in [-0.39, 0.29) is 12.6 Å². The minimum Gasteiger partial charge on any atom is -0.489 e. The molecule has 5 aromatic rings. The third kappa shape index (κ3) is 8.50. The highest BCUT2D eigenvalue weighted by molar-refractivity contribution is 7.15. The molecule has 0 amide bonds. The Kier molecular flexibility index (Phi) is 11.2. The summed E-state index contributed by atoms with van der Waals surface area (Å²) in [4.78, 5) is 24.3. The molecular weight excluding hydrogens is 579 g/mol. The maximum absolute atomic E-state index is 11.9. The maximum atomic E-state index is 11.9. The van der Waals surface area contributed by atoms with Crippen LogP contribution in [0.4, 0.5) is 0 Å². The Balaban J connectivity index is 1.23. The summed E-state index contributed by atoms with van der Waals surface area (Å²) in [5.41, 5.74) is 5.44. The van der Waals surface area contributed by atoms with E-state index < -0.39 is 5.97 Å². The van der Waals surface area contributed by atoms with Gasteiger partial charge in [-0.1, -0.05) is 81.3 Å². The third-order valence-electron chi connectivity index (χ3n) is 8.18. The molecule has 0 aliphatic rings. The first kappa shape index (κ1) is 32.2. The predicted molar refractivity (Wildman–Crippen MR) is 185 cm³/mol. The Labute approximate surface area is 270 Å².